The molecular formula is C27H37F3N2O4. The smallest absolute Gasteiger partial charge is 0.390 e. The number of alkyl halides is 3. The second-order valence-electron chi connectivity index (χ2n) is 10.7. The Kier molecular flexibility index (Phi) is 8.29. The van der Waals surface area contributed by atoms with Gasteiger partial charge in [0.2, 0.25) is 5.91 Å². The van der Waals surface area contributed by atoms with Gasteiger partial charge in [-0.15, -0.1) is 0 Å². The number of nitrogens with zero attached hydrogens (tertiary/aromatic N) is 2. The minimum Gasteiger partial charge on any atom is -0.390 e. The Morgan fingerprint density at radius 2 is 1.75 bits per heavy atom. The topological polar surface area (TPSA) is 81.1 Å². The number of amides is 2. The van der Waals surface area contributed by atoms with Crippen LogP contribution in [0.4, 0.5) is 13.2 Å². The molecule has 0 aromatic heterocycles. The van der Waals surface area contributed by atoms with Gasteiger partial charge in [-0.05, 0) is 55.6 Å². The zero-order chi connectivity index (χ0) is 25.9. The monoisotopic (exact) mass is 510 g/mol. The fourth-order valence-corrected chi connectivity index (χ4v) is 6.35. The molecule has 1 aromatic carbocycles. The third-order valence-electron chi connectivity index (χ3n) is 8.38. The molecule has 2 N–H and O–H groups in total. The van der Waals surface area contributed by atoms with E-state index in [9.17, 15) is 33.0 Å². The lowest BCUT2D eigenvalue weighted by Crippen LogP contribution is -2.53. The van der Waals surface area contributed by atoms with E-state index >= 15 is 0 Å². The van der Waals surface area contributed by atoms with Crippen molar-refractivity contribution in [2.45, 2.75) is 94.6 Å². The summed E-state index contributed by atoms with van der Waals surface area (Å²) in [6.07, 6.45) is 1.38. The zero-order valence-corrected chi connectivity index (χ0v) is 20.7. The average molecular weight is 511 g/mol. The van der Waals surface area contributed by atoms with Crippen LogP contribution in [0.3, 0.4) is 0 Å². The Balaban J connectivity index is 1.54. The fourth-order valence-electron chi connectivity index (χ4n) is 6.35. The molecule has 36 heavy (non-hydrogen) atoms. The summed E-state index contributed by atoms with van der Waals surface area (Å²) >= 11 is 0. The van der Waals surface area contributed by atoms with Crippen LogP contribution in [0.5, 0.6) is 0 Å². The number of benzene rings is 1. The largest absolute Gasteiger partial charge is 0.471 e. The summed E-state index contributed by atoms with van der Waals surface area (Å²) in [6, 6.07) is 7.73. The van der Waals surface area contributed by atoms with E-state index in [1.54, 1.807) is 4.90 Å². The van der Waals surface area contributed by atoms with Crippen molar-refractivity contribution in [2.75, 3.05) is 19.6 Å². The Bertz CT molecular complexity index is 934. The molecule has 0 radical (unpaired) electrons. The molecule has 1 aromatic rings. The number of hydrogen-bond acceptors (Lipinski definition) is 4. The summed E-state index contributed by atoms with van der Waals surface area (Å²) in [4.78, 5) is 28.1. The summed E-state index contributed by atoms with van der Waals surface area (Å²) in [5, 5.41) is 21.1. The first-order valence-corrected chi connectivity index (χ1v) is 13.2. The van der Waals surface area contributed by atoms with Crippen molar-refractivity contribution < 1.29 is 33.0 Å². The Labute approximate surface area is 210 Å². The van der Waals surface area contributed by atoms with Gasteiger partial charge in [0.15, 0.2) is 0 Å². The van der Waals surface area contributed by atoms with Crippen LogP contribution >= 0.6 is 0 Å². The molecule has 0 saturated heterocycles. The van der Waals surface area contributed by atoms with Crippen molar-refractivity contribution in [2.24, 2.45) is 5.92 Å². The highest BCUT2D eigenvalue weighted by Crippen LogP contribution is 2.42. The molecule has 0 spiro atoms. The molecule has 2 aliphatic carbocycles. The molecule has 4 rings (SSSR count). The van der Waals surface area contributed by atoms with Gasteiger partial charge in [0, 0.05) is 13.1 Å². The minimum atomic E-state index is -5.13. The van der Waals surface area contributed by atoms with Crippen LogP contribution in [0, 0.1) is 5.92 Å². The molecule has 2 fully saturated rings. The van der Waals surface area contributed by atoms with Crippen molar-refractivity contribution in [1.29, 1.82) is 0 Å². The van der Waals surface area contributed by atoms with Gasteiger partial charge >= 0.3 is 12.1 Å². The van der Waals surface area contributed by atoms with E-state index in [1.165, 1.54) is 0 Å². The van der Waals surface area contributed by atoms with Gasteiger partial charge in [0.1, 0.15) is 6.54 Å². The van der Waals surface area contributed by atoms with E-state index in [0.717, 1.165) is 49.7 Å². The Hall–Kier alpha value is -2.13. The molecule has 2 amide bonds. The van der Waals surface area contributed by atoms with Crippen molar-refractivity contribution in [3.05, 3.63) is 35.4 Å². The fraction of sp³-hybridized carbons (Fsp3) is 0.704. The van der Waals surface area contributed by atoms with Gasteiger partial charge in [-0.25, -0.2) is 0 Å². The van der Waals surface area contributed by atoms with E-state index in [1.807, 2.05) is 24.3 Å². The molecule has 3 atom stereocenters. The lowest BCUT2D eigenvalue weighted by atomic mass is 9.77. The first-order valence-electron chi connectivity index (χ1n) is 13.2. The summed E-state index contributed by atoms with van der Waals surface area (Å²) in [5.74, 6) is -2.36. The second-order valence-corrected chi connectivity index (χ2v) is 10.7. The molecule has 2 saturated carbocycles. The van der Waals surface area contributed by atoms with E-state index in [2.05, 4.69) is 0 Å². The highest BCUT2D eigenvalue weighted by Gasteiger charge is 2.46. The third-order valence-corrected chi connectivity index (χ3v) is 8.38. The van der Waals surface area contributed by atoms with Crippen LogP contribution in [-0.4, -0.2) is 69.3 Å². The lowest BCUT2D eigenvalue weighted by Gasteiger charge is -2.44. The summed E-state index contributed by atoms with van der Waals surface area (Å²) in [7, 11) is 0. The van der Waals surface area contributed by atoms with Crippen molar-refractivity contribution in [3.8, 4) is 0 Å². The highest BCUT2D eigenvalue weighted by atomic mass is 19.4. The van der Waals surface area contributed by atoms with Crippen LogP contribution in [0.1, 0.15) is 81.4 Å². The third kappa shape index (κ3) is 5.88. The number of hydrogen-bond donors (Lipinski definition) is 2. The van der Waals surface area contributed by atoms with Crippen LogP contribution in [-0.2, 0) is 16.0 Å². The zero-order valence-electron chi connectivity index (χ0n) is 20.7. The predicted octanol–water partition coefficient (Wildman–Crippen LogP) is 4.14. The van der Waals surface area contributed by atoms with Gasteiger partial charge < -0.3 is 20.0 Å². The summed E-state index contributed by atoms with van der Waals surface area (Å²) in [6.45, 7) is -0.750. The Morgan fingerprint density at radius 3 is 2.44 bits per heavy atom. The number of halogens is 3. The maximum Gasteiger partial charge on any atom is 0.471 e. The van der Waals surface area contributed by atoms with E-state index in [0.29, 0.717) is 30.7 Å². The van der Waals surface area contributed by atoms with Gasteiger partial charge in [-0.3, -0.25) is 9.59 Å². The first kappa shape index (κ1) is 26.9. The van der Waals surface area contributed by atoms with Crippen LogP contribution in [0.15, 0.2) is 24.3 Å². The summed E-state index contributed by atoms with van der Waals surface area (Å²) in [5.41, 5.74) is 0.659. The molecule has 1 unspecified atom stereocenters. The number of fused-ring (bicyclic) bond motifs is 1. The molecule has 3 aliphatic rings. The van der Waals surface area contributed by atoms with Crippen LogP contribution < -0.4 is 0 Å². The van der Waals surface area contributed by atoms with Crippen molar-refractivity contribution in [1.82, 2.24) is 9.80 Å². The lowest BCUT2D eigenvalue weighted by molar-refractivity contribution is -0.188. The maximum absolute atomic E-state index is 13.6. The molecule has 200 valence electrons. The Morgan fingerprint density at radius 1 is 1.06 bits per heavy atom. The molecule has 1 aliphatic heterocycles. The van der Waals surface area contributed by atoms with Crippen molar-refractivity contribution >= 4 is 11.8 Å². The quantitative estimate of drug-likeness (QED) is 0.603. The molecule has 1 heterocycles. The SMILES string of the molecule is O=C(CN(CC[C@]1(O)CCCC[C@H]1O)C(=O)C(F)(F)F)N1CCc2ccccc2C1C1CCCCC1. The summed E-state index contributed by atoms with van der Waals surface area (Å²) < 4.78 is 40.4. The molecule has 0 bridgehead atoms. The number of carbonyl (C=O) groups is 2. The van der Waals surface area contributed by atoms with Gasteiger partial charge in [-0.2, -0.15) is 13.2 Å². The normalized spacial score (nSPS) is 27.4. The highest BCUT2D eigenvalue weighted by molar-refractivity contribution is 5.88. The first-order chi connectivity index (χ1) is 17.1. The maximum atomic E-state index is 13.6. The van der Waals surface area contributed by atoms with Crippen LogP contribution in [0.25, 0.3) is 0 Å². The standard InChI is InChI=1S/C27H37F3N2O4/c28-27(29,30)25(35)31(17-15-26(36)14-7-6-12-22(26)33)18-23(34)32-16-13-19-8-4-5-11-21(19)24(32)20-9-2-1-3-10-20/h4-5,8,11,20,22,24,33,36H,1-3,6-7,9-10,12-18H2/t22-,24?,26-/m1/s1. The van der Waals surface area contributed by atoms with Gasteiger partial charge in [0.25, 0.3) is 0 Å². The minimum absolute atomic E-state index is 0.210. The number of aliphatic hydroxyl groups excluding tert-OH is 1. The molecule has 6 nitrogen and oxygen atoms in total. The number of carbonyl (C=O) groups excluding carboxylic acids is 2. The molecular weight excluding hydrogens is 473 g/mol. The number of aliphatic hydroxyl groups is 2. The average Bonchev–Trinajstić information content (AvgIpc) is 2.87. The van der Waals surface area contributed by atoms with E-state index < -0.39 is 42.8 Å². The van der Waals surface area contributed by atoms with Crippen LogP contribution in [0.2, 0.25) is 0 Å². The predicted molar refractivity (Wildman–Crippen MR) is 128 cm³/mol. The van der Waals surface area contributed by atoms with E-state index in [4.69, 9.17) is 0 Å². The molecule has 9 heteroatoms. The van der Waals surface area contributed by atoms with Crippen molar-refractivity contribution in [3.63, 3.8) is 0 Å². The van der Waals surface area contributed by atoms with E-state index in [-0.39, 0.29) is 24.8 Å². The second kappa shape index (κ2) is 11.1. The van der Waals surface area contributed by atoms with Gasteiger partial charge in [-0.1, -0.05) is 56.4 Å². The van der Waals surface area contributed by atoms with Gasteiger partial charge in [0.05, 0.1) is 17.7 Å². The number of rotatable bonds is 6.